The average molecular weight is 338 g/mol. The smallest absolute Gasteiger partial charge is 0.242 e. The van der Waals surface area contributed by atoms with Gasteiger partial charge >= 0.3 is 0 Å². The maximum atomic E-state index is 13.5. The van der Waals surface area contributed by atoms with E-state index >= 15 is 0 Å². The highest BCUT2D eigenvalue weighted by Crippen LogP contribution is 2.51. The van der Waals surface area contributed by atoms with E-state index in [4.69, 9.17) is 0 Å². The summed E-state index contributed by atoms with van der Waals surface area (Å²) >= 11 is 1.65. The Balaban J connectivity index is 1.49. The first-order chi connectivity index (χ1) is 11.8. The lowest BCUT2D eigenvalue weighted by Gasteiger charge is -2.38. The summed E-state index contributed by atoms with van der Waals surface area (Å²) in [5.41, 5.74) is 3.05. The number of hydrogen-bond donors (Lipinski definition) is 0. The minimum absolute atomic E-state index is 0.285. The normalized spacial score (nSPS) is 23.0. The molecule has 3 nitrogen and oxygen atoms in total. The van der Waals surface area contributed by atoms with Gasteiger partial charge in [0.15, 0.2) is 0 Å². The Morgan fingerprint density at radius 1 is 1.12 bits per heavy atom. The van der Waals surface area contributed by atoms with Crippen LogP contribution in [0.4, 0.5) is 11.4 Å². The zero-order chi connectivity index (χ0) is 16.1. The van der Waals surface area contributed by atoms with Gasteiger partial charge in [0, 0.05) is 11.9 Å². The molecular weight excluding hydrogens is 316 g/mol. The fraction of sp³-hybridized carbons (Fsp3) is 0.450. The second-order valence-electron chi connectivity index (χ2n) is 7.47. The lowest BCUT2D eigenvalue weighted by Crippen LogP contribution is -2.48. The van der Waals surface area contributed by atoms with Crippen LogP contribution in [0.25, 0.3) is 0 Å². The predicted octanol–water partition coefficient (Wildman–Crippen LogP) is 4.17. The molecule has 0 N–H and O–H groups in total. The van der Waals surface area contributed by atoms with Crippen LogP contribution in [0, 0.1) is 5.92 Å². The molecule has 1 amide bonds. The van der Waals surface area contributed by atoms with E-state index in [-0.39, 0.29) is 11.3 Å². The first-order valence-electron chi connectivity index (χ1n) is 8.96. The average Bonchev–Trinajstić information content (AvgIpc) is 3.20. The van der Waals surface area contributed by atoms with Crippen LogP contribution in [-0.4, -0.2) is 30.4 Å². The summed E-state index contributed by atoms with van der Waals surface area (Å²) in [4.78, 5) is 18.0. The van der Waals surface area contributed by atoms with Gasteiger partial charge in [-0.1, -0.05) is 18.2 Å². The highest BCUT2D eigenvalue weighted by atomic mass is 32.1. The number of hydrogen-bond acceptors (Lipinski definition) is 3. The fourth-order valence-corrected chi connectivity index (χ4v) is 5.04. The number of anilines is 2. The molecule has 0 atom stereocenters. The maximum absolute atomic E-state index is 13.5. The molecule has 3 heterocycles. The number of rotatable bonds is 3. The lowest BCUT2D eigenvalue weighted by atomic mass is 9.73. The van der Waals surface area contributed by atoms with Crippen molar-refractivity contribution in [1.29, 1.82) is 0 Å². The molecule has 2 aliphatic heterocycles. The predicted molar refractivity (Wildman–Crippen MR) is 98.0 cm³/mol. The molecule has 24 heavy (non-hydrogen) atoms. The van der Waals surface area contributed by atoms with E-state index in [1.807, 2.05) is 11.0 Å². The number of benzene rings is 1. The molecule has 3 aliphatic rings. The number of carbonyl (C=O) groups excluding carboxylic acids is 1. The Kier molecular flexibility index (Phi) is 3.32. The minimum atomic E-state index is -0.307. The molecule has 2 aromatic rings. The number of thiophene rings is 1. The third-order valence-corrected chi connectivity index (χ3v) is 6.63. The summed E-state index contributed by atoms with van der Waals surface area (Å²) in [6.07, 6.45) is 4.71. The van der Waals surface area contributed by atoms with Crippen LogP contribution in [0.2, 0.25) is 0 Å². The molecule has 0 radical (unpaired) electrons. The summed E-state index contributed by atoms with van der Waals surface area (Å²) in [5.74, 6) is 1.21. The standard InChI is InChI=1S/C20H22N2OS/c23-19-20(8-10-21(11-9-20)13-15-5-6-15)17-3-1-2-4-18(17)22(19)16-7-12-24-14-16/h1-4,7,12,14-15H,5-6,8-11,13H2. The van der Waals surface area contributed by atoms with Crippen LogP contribution in [-0.2, 0) is 10.2 Å². The number of piperidine rings is 1. The summed E-state index contributed by atoms with van der Waals surface area (Å²) in [6, 6.07) is 10.5. The van der Waals surface area contributed by atoms with Gasteiger partial charge in [0.25, 0.3) is 0 Å². The first kappa shape index (κ1) is 14.7. The molecule has 0 unspecified atom stereocenters. The number of likely N-dealkylation sites (tertiary alicyclic amines) is 1. The fourth-order valence-electron chi connectivity index (χ4n) is 4.42. The van der Waals surface area contributed by atoms with E-state index in [1.54, 1.807) is 11.3 Å². The summed E-state index contributed by atoms with van der Waals surface area (Å²) in [6.45, 7) is 3.34. The highest BCUT2D eigenvalue weighted by Gasteiger charge is 2.52. The van der Waals surface area contributed by atoms with Gasteiger partial charge in [0.1, 0.15) is 0 Å². The van der Waals surface area contributed by atoms with Crippen LogP contribution in [0.3, 0.4) is 0 Å². The monoisotopic (exact) mass is 338 g/mol. The zero-order valence-electron chi connectivity index (χ0n) is 13.8. The van der Waals surface area contributed by atoms with Crippen LogP contribution in [0.15, 0.2) is 41.1 Å². The summed E-state index contributed by atoms with van der Waals surface area (Å²) < 4.78 is 0. The van der Waals surface area contributed by atoms with Crippen LogP contribution < -0.4 is 4.90 Å². The van der Waals surface area contributed by atoms with Crippen molar-refractivity contribution in [3.05, 3.63) is 46.7 Å². The molecule has 0 bridgehead atoms. The molecule has 2 fully saturated rings. The molecule has 1 aliphatic carbocycles. The first-order valence-corrected chi connectivity index (χ1v) is 9.91. The maximum Gasteiger partial charge on any atom is 0.242 e. The highest BCUT2D eigenvalue weighted by molar-refractivity contribution is 7.08. The van der Waals surface area contributed by atoms with E-state index in [2.05, 4.69) is 39.9 Å². The third-order valence-electron chi connectivity index (χ3n) is 5.96. The number of para-hydroxylation sites is 1. The molecule has 5 rings (SSSR count). The second kappa shape index (κ2) is 5.43. The van der Waals surface area contributed by atoms with Crippen molar-refractivity contribution in [2.45, 2.75) is 31.1 Å². The molecule has 1 aromatic carbocycles. The van der Waals surface area contributed by atoms with Crippen LogP contribution in [0.1, 0.15) is 31.2 Å². The van der Waals surface area contributed by atoms with Crippen molar-refractivity contribution in [2.75, 3.05) is 24.5 Å². The Morgan fingerprint density at radius 2 is 1.92 bits per heavy atom. The number of fused-ring (bicyclic) bond motifs is 2. The summed E-state index contributed by atoms with van der Waals surface area (Å²) in [7, 11) is 0. The SMILES string of the molecule is O=C1N(c2ccsc2)c2ccccc2C12CCN(CC1CC1)CC2. The summed E-state index contributed by atoms with van der Waals surface area (Å²) in [5, 5.41) is 4.13. The Morgan fingerprint density at radius 3 is 2.62 bits per heavy atom. The molecule has 1 saturated heterocycles. The molecule has 4 heteroatoms. The van der Waals surface area contributed by atoms with Crippen molar-refractivity contribution in [1.82, 2.24) is 4.90 Å². The van der Waals surface area contributed by atoms with Crippen molar-refractivity contribution < 1.29 is 4.79 Å². The second-order valence-corrected chi connectivity index (χ2v) is 8.25. The van der Waals surface area contributed by atoms with E-state index in [1.165, 1.54) is 24.9 Å². The third kappa shape index (κ3) is 2.16. The van der Waals surface area contributed by atoms with E-state index in [0.717, 1.165) is 43.2 Å². The van der Waals surface area contributed by atoms with Crippen molar-refractivity contribution in [3.63, 3.8) is 0 Å². The van der Waals surface area contributed by atoms with Gasteiger partial charge in [0.05, 0.1) is 16.8 Å². The van der Waals surface area contributed by atoms with Gasteiger partial charge in [-0.05, 0) is 67.8 Å². The van der Waals surface area contributed by atoms with E-state index in [0.29, 0.717) is 0 Å². The van der Waals surface area contributed by atoms with Crippen molar-refractivity contribution in [2.24, 2.45) is 5.92 Å². The topological polar surface area (TPSA) is 23.6 Å². The largest absolute Gasteiger partial charge is 0.303 e. The van der Waals surface area contributed by atoms with Gasteiger partial charge < -0.3 is 4.90 Å². The van der Waals surface area contributed by atoms with Gasteiger partial charge in [-0.2, -0.15) is 11.3 Å². The van der Waals surface area contributed by atoms with Gasteiger partial charge in [-0.3, -0.25) is 9.69 Å². The minimum Gasteiger partial charge on any atom is -0.303 e. The number of amides is 1. The van der Waals surface area contributed by atoms with Crippen LogP contribution in [0.5, 0.6) is 0 Å². The molecular formula is C20H22N2OS. The quantitative estimate of drug-likeness (QED) is 0.838. The van der Waals surface area contributed by atoms with Crippen LogP contribution >= 0.6 is 11.3 Å². The Labute approximate surface area is 146 Å². The van der Waals surface area contributed by atoms with Gasteiger partial charge in [-0.15, -0.1) is 0 Å². The molecule has 1 spiro atoms. The molecule has 1 saturated carbocycles. The van der Waals surface area contributed by atoms with Gasteiger partial charge in [-0.25, -0.2) is 0 Å². The van der Waals surface area contributed by atoms with E-state index < -0.39 is 0 Å². The zero-order valence-corrected chi connectivity index (χ0v) is 14.6. The van der Waals surface area contributed by atoms with Crippen molar-refractivity contribution in [3.8, 4) is 0 Å². The molecule has 124 valence electrons. The Bertz CT molecular complexity index is 758. The Hall–Kier alpha value is -1.65. The van der Waals surface area contributed by atoms with Gasteiger partial charge in [0.2, 0.25) is 5.91 Å². The van der Waals surface area contributed by atoms with E-state index in [9.17, 15) is 4.79 Å². The molecule has 1 aromatic heterocycles. The lowest BCUT2D eigenvalue weighted by molar-refractivity contribution is -0.124. The number of carbonyl (C=O) groups is 1. The van der Waals surface area contributed by atoms with Crippen molar-refractivity contribution >= 4 is 28.6 Å². The number of nitrogens with zero attached hydrogens (tertiary/aromatic N) is 2.